The molecule has 0 spiro atoms. The summed E-state index contributed by atoms with van der Waals surface area (Å²) in [6, 6.07) is 12.0. The summed E-state index contributed by atoms with van der Waals surface area (Å²) >= 11 is 0. The van der Waals surface area contributed by atoms with E-state index >= 15 is 0 Å². The fraction of sp³-hybridized carbons (Fsp3) is 0.200. The molecule has 0 saturated heterocycles. The molecule has 152 valence electrons. The Morgan fingerprint density at radius 1 is 1.10 bits per heavy atom. The van der Waals surface area contributed by atoms with Crippen LogP contribution in [0, 0.1) is 5.82 Å². The summed E-state index contributed by atoms with van der Waals surface area (Å²) in [7, 11) is 0. The van der Waals surface area contributed by atoms with E-state index in [1.54, 1.807) is 18.2 Å². The average molecular weight is 408 g/mol. The molecular weight excluding hydrogens is 392 g/mol. The molecule has 0 aliphatic carbocycles. The number of nitrogens with one attached hydrogen (secondary N) is 1. The van der Waals surface area contributed by atoms with E-state index in [1.807, 2.05) is 0 Å². The third kappa shape index (κ3) is 5.56. The van der Waals surface area contributed by atoms with Gasteiger partial charge in [-0.25, -0.2) is 4.39 Å². The number of halogens is 4. The molecule has 1 heterocycles. The Kier molecular flexibility index (Phi) is 6.16. The Bertz CT molecular complexity index is 986. The highest BCUT2D eigenvalue weighted by atomic mass is 19.4. The summed E-state index contributed by atoms with van der Waals surface area (Å²) in [5.74, 6) is -0.693. The van der Waals surface area contributed by atoms with Crippen molar-refractivity contribution in [3.8, 4) is 5.75 Å². The highest BCUT2D eigenvalue weighted by Crippen LogP contribution is 2.31. The Morgan fingerprint density at radius 2 is 1.90 bits per heavy atom. The number of alkyl halides is 3. The number of aromatic nitrogens is 1. The lowest BCUT2D eigenvalue weighted by Gasteiger charge is -2.09. The maximum absolute atomic E-state index is 13.5. The summed E-state index contributed by atoms with van der Waals surface area (Å²) in [6.07, 6.45) is -4.17. The van der Waals surface area contributed by atoms with Crippen LogP contribution in [0.5, 0.6) is 5.75 Å². The van der Waals surface area contributed by atoms with Gasteiger partial charge in [0.1, 0.15) is 18.2 Å². The molecule has 0 fully saturated rings. The fourth-order valence-corrected chi connectivity index (χ4v) is 2.51. The third-order valence-electron chi connectivity index (χ3n) is 3.97. The van der Waals surface area contributed by atoms with Crippen LogP contribution in [0.2, 0.25) is 0 Å². The van der Waals surface area contributed by atoms with Crippen molar-refractivity contribution in [1.29, 1.82) is 0 Å². The molecule has 3 aromatic rings. The largest absolute Gasteiger partial charge is 0.486 e. The van der Waals surface area contributed by atoms with Gasteiger partial charge in [0.25, 0.3) is 5.91 Å². The van der Waals surface area contributed by atoms with Crippen LogP contribution in [0.1, 0.15) is 27.4 Å². The number of carbonyl (C=O) groups is 1. The van der Waals surface area contributed by atoms with Crippen LogP contribution in [0.4, 0.5) is 17.6 Å². The smallest absolute Gasteiger partial charge is 0.416 e. The zero-order valence-corrected chi connectivity index (χ0v) is 15.0. The molecule has 2 aromatic carbocycles. The Balaban J connectivity index is 1.51. The van der Waals surface area contributed by atoms with Crippen molar-refractivity contribution < 1.29 is 31.6 Å². The first-order chi connectivity index (χ1) is 13.8. The molecule has 0 radical (unpaired) electrons. The maximum Gasteiger partial charge on any atom is 0.416 e. The van der Waals surface area contributed by atoms with Gasteiger partial charge >= 0.3 is 6.18 Å². The first-order valence-corrected chi connectivity index (χ1v) is 8.60. The Labute approximate surface area is 163 Å². The number of hydrogen-bond acceptors (Lipinski definition) is 4. The van der Waals surface area contributed by atoms with Crippen LogP contribution in [0.15, 0.2) is 59.1 Å². The zero-order chi connectivity index (χ0) is 20.9. The van der Waals surface area contributed by atoms with Gasteiger partial charge in [-0.05, 0) is 36.2 Å². The van der Waals surface area contributed by atoms with Crippen molar-refractivity contribution in [1.82, 2.24) is 10.5 Å². The van der Waals surface area contributed by atoms with Crippen molar-refractivity contribution in [3.05, 3.63) is 83.0 Å². The summed E-state index contributed by atoms with van der Waals surface area (Å²) in [5, 5.41) is 6.20. The van der Waals surface area contributed by atoms with Gasteiger partial charge in [-0.2, -0.15) is 13.2 Å². The second-order valence-electron chi connectivity index (χ2n) is 6.09. The molecule has 1 amide bonds. The number of rotatable bonds is 7. The fourth-order valence-electron chi connectivity index (χ4n) is 2.51. The molecule has 1 aromatic heterocycles. The van der Waals surface area contributed by atoms with Gasteiger partial charge in [-0.15, -0.1) is 0 Å². The van der Waals surface area contributed by atoms with E-state index in [1.165, 1.54) is 24.3 Å². The molecule has 5 nitrogen and oxygen atoms in total. The van der Waals surface area contributed by atoms with E-state index in [4.69, 9.17) is 9.26 Å². The number of amides is 1. The molecule has 0 saturated carbocycles. The zero-order valence-electron chi connectivity index (χ0n) is 15.0. The number of ether oxygens (including phenoxy) is 1. The quantitative estimate of drug-likeness (QED) is 0.589. The minimum Gasteiger partial charge on any atom is -0.486 e. The third-order valence-corrected chi connectivity index (χ3v) is 3.97. The molecular formula is C20H16F4N2O3. The Morgan fingerprint density at radius 3 is 2.66 bits per heavy atom. The molecule has 1 N–H and O–H groups in total. The lowest BCUT2D eigenvalue weighted by atomic mass is 10.1. The van der Waals surface area contributed by atoms with E-state index < -0.39 is 17.6 Å². The van der Waals surface area contributed by atoms with Crippen LogP contribution in [-0.2, 0) is 19.2 Å². The predicted octanol–water partition coefficient (Wildman–Crippen LogP) is 4.38. The van der Waals surface area contributed by atoms with Crippen LogP contribution in [0.25, 0.3) is 0 Å². The lowest BCUT2D eigenvalue weighted by Crippen LogP contribution is -2.26. The van der Waals surface area contributed by atoms with Gasteiger partial charge < -0.3 is 14.6 Å². The van der Waals surface area contributed by atoms with Gasteiger partial charge in [0.15, 0.2) is 11.5 Å². The lowest BCUT2D eigenvalue weighted by molar-refractivity contribution is -0.137. The van der Waals surface area contributed by atoms with Crippen molar-refractivity contribution >= 4 is 5.91 Å². The normalized spacial score (nSPS) is 11.3. The van der Waals surface area contributed by atoms with Crippen LogP contribution < -0.4 is 10.1 Å². The molecule has 0 aliphatic heterocycles. The topological polar surface area (TPSA) is 64.4 Å². The van der Waals surface area contributed by atoms with E-state index in [9.17, 15) is 22.4 Å². The second-order valence-corrected chi connectivity index (χ2v) is 6.09. The summed E-state index contributed by atoms with van der Waals surface area (Å²) in [6.45, 7) is -0.000485. The second kappa shape index (κ2) is 8.76. The molecule has 0 atom stereocenters. The average Bonchev–Trinajstić information content (AvgIpc) is 3.16. The number of benzene rings is 2. The van der Waals surface area contributed by atoms with E-state index in [0.29, 0.717) is 12.0 Å². The van der Waals surface area contributed by atoms with Crippen molar-refractivity contribution in [2.24, 2.45) is 0 Å². The SMILES string of the molecule is O=C(NCCc1ccccc1F)c1cc(COc2cccc(C(F)(F)F)c2)on1. The molecule has 9 heteroatoms. The summed E-state index contributed by atoms with van der Waals surface area (Å²) < 4.78 is 61.9. The standard InChI is InChI=1S/C20H16F4N2O3/c21-17-7-2-1-4-13(17)8-9-25-19(27)18-11-16(29-26-18)12-28-15-6-3-5-14(10-15)20(22,23)24/h1-7,10-11H,8-9,12H2,(H,25,27). The highest BCUT2D eigenvalue weighted by Gasteiger charge is 2.30. The van der Waals surface area contributed by atoms with E-state index in [0.717, 1.165) is 12.1 Å². The monoisotopic (exact) mass is 408 g/mol. The molecule has 3 rings (SSSR count). The minimum absolute atomic E-state index is 0.00659. The van der Waals surface area contributed by atoms with Gasteiger partial charge in [0, 0.05) is 12.6 Å². The van der Waals surface area contributed by atoms with E-state index in [-0.39, 0.29) is 36.2 Å². The molecule has 29 heavy (non-hydrogen) atoms. The van der Waals surface area contributed by atoms with Gasteiger partial charge in [0.05, 0.1) is 5.56 Å². The molecule has 0 aliphatic rings. The van der Waals surface area contributed by atoms with Crippen LogP contribution in [0.3, 0.4) is 0 Å². The first-order valence-electron chi connectivity index (χ1n) is 8.60. The number of nitrogens with zero attached hydrogens (tertiary/aromatic N) is 1. The maximum atomic E-state index is 13.5. The van der Waals surface area contributed by atoms with Gasteiger partial charge in [-0.1, -0.05) is 29.4 Å². The number of hydrogen-bond donors (Lipinski definition) is 1. The van der Waals surface area contributed by atoms with Crippen molar-refractivity contribution in [2.45, 2.75) is 19.2 Å². The van der Waals surface area contributed by atoms with E-state index in [2.05, 4.69) is 10.5 Å². The molecule has 0 bridgehead atoms. The summed E-state index contributed by atoms with van der Waals surface area (Å²) in [4.78, 5) is 12.1. The highest BCUT2D eigenvalue weighted by molar-refractivity contribution is 5.92. The van der Waals surface area contributed by atoms with Crippen LogP contribution >= 0.6 is 0 Å². The Hall–Kier alpha value is -3.36. The number of carbonyl (C=O) groups excluding carboxylic acids is 1. The minimum atomic E-state index is -4.47. The van der Waals surface area contributed by atoms with Gasteiger partial charge in [-0.3, -0.25) is 4.79 Å². The predicted molar refractivity (Wildman–Crippen MR) is 94.7 cm³/mol. The van der Waals surface area contributed by atoms with Gasteiger partial charge in [0.2, 0.25) is 0 Å². The van der Waals surface area contributed by atoms with Crippen molar-refractivity contribution in [2.75, 3.05) is 6.54 Å². The first kappa shape index (κ1) is 20.4. The van der Waals surface area contributed by atoms with Crippen molar-refractivity contribution in [3.63, 3.8) is 0 Å². The molecule has 0 unspecified atom stereocenters. The summed E-state index contributed by atoms with van der Waals surface area (Å²) in [5.41, 5.74) is -0.369. The van der Waals surface area contributed by atoms with Crippen LogP contribution in [-0.4, -0.2) is 17.6 Å².